The summed E-state index contributed by atoms with van der Waals surface area (Å²) >= 11 is 3.83. The maximum Gasteiger partial charge on any atom is 0.114 e. The average molecular weight is 226 g/mol. The molecule has 76 valence electrons. The van der Waals surface area contributed by atoms with E-state index in [0.717, 1.165) is 12.2 Å². The lowest BCUT2D eigenvalue weighted by Crippen LogP contribution is -2.36. The zero-order chi connectivity index (χ0) is 9.60. The van der Waals surface area contributed by atoms with Crippen LogP contribution in [0.3, 0.4) is 0 Å². The van der Waals surface area contributed by atoms with E-state index in [4.69, 9.17) is 10.7 Å². The zero-order valence-electron chi connectivity index (χ0n) is 8.08. The molecule has 1 saturated heterocycles. The fraction of sp³-hybridized carbons (Fsp3) is 0.700. The number of aromatic nitrogens is 1. The van der Waals surface area contributed by atoms with Crippen LogP contribution >= 0.6 is 23.1 Å². The molecule has 0 spiro atoms. The first kappa shape index (κ1) is 9.19. The summed E-state index contributed by atoms with van der Waals surface area (Å²) in [5, 5.41) is 1.20. The molecule has 2 aliphatic rings. The number of hydrogen-bond acceptors (Lipinski definition) is 4. The molecule has 14 heavy (non-hydrogen) atoms. The van der Waals surface area contributed by atoms with Crippen molar-refractivity contribution in [1.82, 2.24) is 4.98 Å². The number of thioether (sulfide) groups is 1. The Balaban J connectivity index is 1.96. The quantitative estimate of drug-likeness (QED) is 0.795. The molecule has 1 aliphatic heterocycles. The summed E-state index contributed by atoms with van der Waals surface area (Å²) in [6.45, 7) is 0. The van der Waals surface area contributed by atoms with Crippen LogP contribution in [-0.2, 0) is 18.4 Å². The summed E-state index contributed by atoms with van der Waals surface area (Å²) in [6.07, 6.45) is 4.80. The molecular formula is C10H14N2S2. The number of fused-ring (bicyclic) bond motifs is 1. The standard InChI is InChI=1S/C10H14N2S2/c11-10(4-5-13-6-10)9-12-7-2-1-3-8(7)14-9/h1-6,11H2. The molecule has 0 amide bonds. The van der Waals surface area contributed by atoms with Crippen LogP contribution < -0.4 is 5.73 Å². The molecule has 2 heterocycles. The first-order valence-electron chi connectivity index (χ1n) is 5.14. The number of nitrogens with two attached hydrogens (primary N) is 1. The van der Waals surface area contributed by atoms with Gasteiger partial charge in [0.2, 0.25) is 0 Å². The van der Waals surface area contributed by atoms with Crippen molar-refractivity contribution >= 4 is 23.1 Å². The fourth-order valence-electron chi connectivity index (χ4n) is 2.15. The average Bonchev–Trinajstić information content (AvgIpc) is 2.75. The van der Waals surface area contributed by atoms with Gasteiger partial charge in [-0.3, -0.25) is 0 Å². The van der Waals surface area contributed by atoms with Gasteiger partial charge >= 0.3 is 0 Å². The van der Waals surface area contributed by atoms with Gasteiger partial charge in [-0.15, -0.1) is 11.3 Å². The number of aryl methyl sites for hydroxylation is 2. The third kappa shape index (κ3) is 1.32. The SMILES string of the molecule is NC1(c2nc3c(s2)CCC3)CCSC1. The predicted molar refractivity (Wildman–Crippen MR) is 61.9 cm³/mol. The van der Waals surface area contributed by atoms with Crippen molar-refractivity contribution in [1.29, 1.82) is 0 Å². The van der Waals surface area contributed by atoms with E-state index in [-0.39, 0.29) is 5.54 Å². The smallest absolute Gasteiger partial charge is 0.114 e. The highest BCUT2D eigenvalue weighted by Gasteiger charge is 2.36. The Morgan fingerprint density at radius 2 is 2.29 bits per heavy atom. The van der Waals surface area contributed by atoms with Crippen LogP contribution in [0.2, 0.25) is 0 Å². The Morgan fingerprint density at radius 1 is 1.36 bits per heavy atom. The number of nitrogens with zero attached hydrogens (tertiary/aromatic N) is 1. The van der Waals surface area contributed by atoms with Crippen molar-refractivity contribution in [3.63, 3.8) is 0 Å². The third-order valence-corrected chi connectivity index (χ3v) is 5.66. The minimum absolute atomic E-state index is 0.0975. The number of thiazole rings is 1. The number of hydrogen-bond donors (Lipinski definition) is 1. The second kappa shape index (κ2) is 3.22. The van der Waals surface area contributed by atoms with E-state index >= 15 is 0 Å². The van der Waals surface area contributed by atoms with Crippen molar-refractivity contribution in [2.45, 2.75) is 31.2 Å². The van der Waals surface area contributed by atoms with Gasteiger partial charge < -0.3 is 5.73 Å². The zero-order valence-corrected chi connectivity index (χ0v) is 9.72. The molecule has 1 unspecified atom stereocenters. The monoisotopic (exact) mass is 226 g/mol. The normalized spacial score (nSPS) is 30.9. The lowest BCUT2D eigenvalue weighted by atomic mass is 10.0. The van der Waals surface area contributed by atoms with Gasteiger partial charge in [-0.1, -0.05) is 0 Å². The maximum absolute atomic E-state index is 6.37. The third-order valence-electron chi connectivity index (χ3n) is 3.07. The van der Waals surface area contributed by atoms with Crippen molar-refractivity contribution in [2.24, 2.45) is 5.73 Å². The van der Waals surface area contributed by atoms with E-state index in [1.54, 1.807) is 0 Å². The van der Waals surface area contributed by atoms with Gasteiger partial charge in [0.05, 0.1) is 11.2 Å². The predicted octanol–water partition coefficient (Wildman–Crippen LogP) is 1.92. The lowest BCUT2D eigenvalue weighted by molar-refractivity contribution is 0.504. The summed E-state index contributed by atoms with van der Waals surface area (Å²) < 4.78 is 0. The van der Waals surface area contributed by atoms with Crippen LogP contribution in [0, 0.1) is 0 Å². The van der Waals surface area contributed by atoms with Crippen molar-refractivity contribution in [3.05, 3.63) is 15.6 Å². The minimum atomic E-state index is -0.0975. The molecule has 0 bridgehead atoms. The molecule has 2 N–H and O–H groups in total. The molecule has 3 rings (SSSR count). The van der Waals surface area contributed by atoms with Gasteiger partial charge in [-0.2, -0.15) is 11.8 Å². The Kier molecular flexibility index (Phi) is 2.11. The van der Waals surface area contributed by atoms with E-state index in [2.05, 4.69) is 0 Å². The number of rotatable bonds is 1. The molecule has 0 aromatic carbocycles. The van der Waals surface area contributed by atoms with Gasteiger partial charge in [0.15, 0.2) is 0 Å². The summed E-state index contributed by atoms with van der Waals surface area (Å²) in [5.41, 5.74) is 7.61. The molecule has 1 aliphatic carbocycles. The van der Waals surface area contributed by atoms with Crippen LogP contribution in [-0.4, -0.2) is 16.5 Å². The van der Waals surface area contributed by atoms with E-state index < -0.39 is 0 Å². The van der Waals surface area contributed by atoms with E-state index in [0.29, 0.717) is 0 Å². The molecule has 0 radical (unpaired) electrons. The van der Waals surface area contributed by atoms with Gasteiger partial charge in [-0.25, -0.2) is 4.98 Å². The first-order valence-corrected chi connectivity index (χ1v) is 7.11. The molecule has 2 nitrogen and oxygen atoms in total. The summed E-state index contributed by atoms with van der Waals surface area (Å²) in [6, 6.07) is 0. The van der Waals surface area contributed by atoms with E-state index in [1.165, 1.54) is 40.6 Å². The van der Waals surface area contributed by atoms with Gasteiger partial charge in [0, 0.05) is 10.6 Å². The van der Waals surface area contributed by atoms with E-state index in [1.807, 2.05) is 23.1 Å². The molecule has 0 saturated carbocycles. The summed E-state index contributed by atoms with van der Waals surface area (Å²) in [7, 11) is 0. The van der Waals surface area contributed by atoms with Crippen molar-refractivity contribution in [3.8, 4) is 0 Å². The van der Waals surface area contributed by atoms with Crippen LogP contribution in [0.4, 0.5) is 0 Å². The Labute approximate surface area is 92.3 Å². The van der Waals surface area contributed by atoms with Crippen molar-refractivity contribution < 1.29 is 0 Å². The van der Waals surface area contributed by atoms with Crippen LogP contribution in [0.25, 0.3) is 0 Å². The second-order valence-corrected chi connectivity index (χ2v) is 6.39. The Bertz CT molecular complexity index is 332. The Hall–Kier alpha value is -0.0600. The molecule has 1 aromatic heterocycles. The van der Waals surface area contributed by atoms with Gasteiger partial charge in [-0.05, 0) is 31.4 Å². The highest BCUT2D eigenvalue weighted by molar-refractivity contribution is 7.99. The van der Waals surface area contributed by atoms with Crippen LogP contribution in [0.5, 0.6) is 0 Å². The molecular weight excluding hydrogens is 212 g/mol. The Morgan fingerprint density at radius 3 is 3.00 bits per heavy atom. The summed E-state index contributed by atoms with van der Waals surface area (Å²) in [5.74, 6) is 2.25. The lowest BCUT2D eigenvalue weighted by Gasteiger charge is -2.19. The minimum Gasteiger partial charge on any atom is -0.319 e. The second-order valence-electron chi connectivity index (χ2n) is 4.20. The van der Waals surface area contributed by atoms with E-state index in [9.17, 15) is 0 Å². The van der Waals surface area contributed by atoms with Crippen LogP contribution in [0.15, 0.2) is 0 Å². The highest BCUT2D eigenvalue weighted by Crippen LogP contribution is 2.39. The largest absolute Gasteiger partial charge is 0.319 e. The van der Waals surface area contributed by atoms with Crippen molar-refractivity contribution in [2.75, 3.05) is 11.5 Å². The molecule has 4 heteroatoms. The highest BCUT2D eigenvalue weighted by atomic mass is 32.2. The maximum atomic E-state index is 6.37. The van der Waals surface area contributed by atoms with Gasteiger partial charge in [0.25, 0.3) is 0 Å². The summed E-state index contributed by atoms with van der Waals surface area (Å²) in [4.78, 5) is 6.23. The fourth-order valence-corrected chi connectivity index (χ4v) is 4.82. The topological polar surface area (TPSA) is 38.9 Å². The first-order chi connectivity index (χ1) is 6.78. The van der Waals surface area contributed by atoms with Gasteiger partial charge in [0.1, 0.15) is 5.01 Å². The molecule has 1 fully saturated rings. The molecule has 1 aromatic rings. The molecule has 1 atom stereocenters. The van der Waals surface area contributed by atoms with Crippen LogP contribution in [0.1, 0.15) is 28.4 Å².